The number of nitrogens with one attached hydrogen (secondary N) is 1. The van der Waals surface area contributed by atoms with E-state index in [2.05, 4.69) is 15.2 Å². The van der Waals surface area contributed by atoms with Gasteiger partial charge in [-0.05, 0) is 32.3 Å². The first kappa shape index (κ1) is 16.4. The molecule has 8 heteroatoms. The molecule has 1 amide bonds. The third kappa shape index (κ3) is 3.53. The Kier molecular flexibility index (Phi) is 4.75. The maximum absolute atomic E-state index is 12.7. The summed E-state index contributed by atoms with van der Waals surface area (Å²) in [6, 6.07) is 4.47. The molecule has 2 aromatic rings. The van der Waals surface area contributed by atoms with Crippen LogP contribution in [0.4, 0.5) is 16.5 Å². The van der Waals surface area contributed by atoms with Gasteiger partial charge >= 0.3 is 0 Å². The van der Waals surface area contributed by atoms with Crippen LogP contribution in [0.15, 0.2) is 23.6 Å². The van der Waals surface area contributed by atoms with Crippen molar-refractivity contribution in [2.45, 2.75) is 26.2 Å². The van der Waals surface area contributed by atoms with E-state index in [-0.39, 0.29) is 11.6 Å². The molecule has 0 saturated carbocycles. The summed E-state index contributed by atoms with van der Waals surface area (Å²) >= 11 is 1.33. The Morgan fingerprint density at radius 1 is 1.33 bits per heavy atom. The quantitative estimate of drug-likeness (QED) is 0.675. The second kappa shape index (κ2) is 6.96. The number of carbonyl (C=O) groups excluding carboxylic acids is 1. The molecule has 1 aromatic heterocycles. The minimum atomic E-state index is -0.482. The number of anilines is 2. The fourth-order valence-electron chi connectivity index (χ4n) is 2.81. The molecule has 0 unspecified atom stereocenters. The molecule has 7 nitrogen and oxygen atoms in total. The van der Waals surface area contributed by atoms with E-state index in [9.17, 15) is 14.9 Å². The van der Waals surface area contributed by atoms with E-state index in [1.54, 1.807) is 6.07 Å². The number of nitro benzene ring substituents is 1. The highest BCUT2D eigenvalue weighted by Gasteiger charge is 2.22. The molecular formula is C16H18N4O3S. The van der Waals surface area contributed by atoms with Crippen molar-refractivity contribution in [3.8, 4) is 0 Å². The summed E-state index contributed by atoms with van der Waals surface area (Å²) in [6.07, 6.45) is 3.29. The molecule has 24 heavy (non-hydrogen) atoms. The minimum absolute atomic E-state index is 0.0868. The molecule has 1 fully saturated rings. The normalized spacial score (nSPS) is 14.5. The Morgan fingerprint density at radius 2 is 2.08 bits per heavy atom. The highest BCUT2D eigenvalue weighted by atomic mass is 32.1. The average molecular weight is 346 g/mol. The van der Waals surface area contributed by atoms with Gasteiger partial charge in [-0.1, -0.05) is 0 Å². The zero-order valence-electron chi connectivity index (χ0n) is 13.3. The van der Waals surface area contributed by atoms with Crippen molar-refractivity contribution in [2.24, 2.45) is 0 Å². The molecule has 0 bridgehead atoms. The molecule has 1 saturated heterocycles. The molecule has 0 aliphatic carbocycles. The van der Waals surface area contributed by atoms with Crippen LogP contribution < -0.4 is 10.2 Å². The third-order valence-electron chi connectivity index (χ3n) is 3.97. The second-order valence-corrected chi connectivity index (χ2v) is 6.61. The van der Waals surface area contributed by atoms with Gasteiger partial charge in [-0.25, -0.2) is 4.98 Å². The summed E-state index contributed by atoms with van der Waals surface area (Å²) < 4.78 is 0. The van der Waals surface area contributed by atoms with Crippen molar-refractivity contribution in [3.63, 3.8) is 0 Å². The third-order valence-corrected chi connectivity index (χ3v) is 4.85. The number of benzene rings is 1. The number of aryl methyl sites for hydroxylation is 1. The van der Waals surface area contributed by atoms with Crippen LogP contribution in [-0.2, 0) is 0 Å². The lowest BCUT2D eigenvalue weighted by Crippen LogP contribution is -2.31. The van der Waals surface area contributed by atoms with Crippen molar-refractivity contribution in [3.05, 3.63) is 45.0 Å². The van der Waals surface area contributed by atoms with E-state index in [1.807, 2.05) is 12.3 Å². The van der Waals surface area contributed by atoms with E-state index in [4.69, 9.17) is 0 Å². The number of carbonyl (C=O) groups is 1. The van der Waals surface area contributed by atoms with Crippen LogP contribution in [0.5, 0.6) is 0 Å². The number of hydrogen-bond acceptors (Lipinski definition) is 6. The summed E-state index contributed by atoms with van der Waals surface area (Å²) in [5, 5.41) is 16.2. The standard InChI is InChI=1S/C16H18N4O3S/c1-11-10-24-16(17-11)18-15(21)13-9-12(20(22)23)5-6-14(13)19-7-3-2-4-8-19/h5-6,9-10H,2-4,7-8H2,1H3,(H,17,18,21). The van der Waals surface area contributed by atoms with Gasteiger partial charge in [0, 0.05) is 30.6 Å². The van der Waals surface area contributed by atoms with Crippen LogP contribution in [0, 0.1) is 17.0 Å². The Labute approximate surface area is 143 Å². The predicted octanol–water partition coefficient (Wildman–Crippen LogP) is 3.60. The first-order valence-electron chi connectivity index (χ1n) is 7.81. The minimum Gasteiger partial charge on any atom is -0.371 e. The van der Waals surface area contributed by atoms with Crippen molar-refractivity contribution in [2.75, 3.05) is 23.3 Å². The first-order valence-corrected chi connectivity index (χ1v) is 8.69. The largest absolute Gasteiger partial charge is 0.371 e. The van der Waals surface area contributed by atoms with Crippen LogP contribution in [0.3, 0.4) is 0 Å². The van der Waals surface area contributed by atoms with Gasteiger partial charge in [0.2, 0.25) is 0 Å². The van der Waals surface area contributed by atoms with Gasteiger partial charge in [-0.2, -0.15) is 0 Å². The molecule has 1 aromatic carbocycles. The molecule has 2 heterocycles. The van der Waals surface area contributed by atoms with Crippen molar-refractivity contribution < 1.29 is 9.72 Å². The monoisotopic (exact) mass is 346 g/mol. The molecule has 3 rings (SSSR count). The van der Waals surface area contributed by atoms with Crippen molar-refractivity contribution in [1.82, 2.24) is 4.98 Å². The van der Waals surface area contributed by atoms with Gasteiger partial charge in [0.25, 0.3) is 11.6 Å². The second-order valence-electron chi connectivity index (χ2n) is 5.75. The Bertz CT molecular complexity index is 768. The molecule has 1 aliphatic heterocycles. The summed E-state index contributed by atoms with van der Waals surface area (Å²) in [4.78, 5) is 29.6. The Balaban J connectivity index is 1.93. The summed E-state index contributed by atoms with van der Waals surface area (Å²) in [6.45, 7) is 3.56. The summed E-state index contributed by atoms with van der Waals surface area (Å²) in [5.74, 6) is -0.367. The Morgan fingerprint density at radius 3 is 2.71 bits per heavy atom. The predicted molar refractivity (Wildman–Crippen MR) is 94.0 cm³/mol. The van der Waals surface area contributed by atoms with Gasteiger partial charge in [-0.3, -0.25) is 20.2 Å². The van der Waals surface area contributed by atoms with E-state index < -0.39 is 4.92 Å². The van der Waals surface area contributed by atoms with Crippen LogP contribution >= 0.6 is 11.3 Å². The smallest absolute Gasteiger partial charge is 0.270 e. The van der Waals surface area contributed by atoms with Crippen molar-refractivity contribution in [1.29, 1.82) is 0 Å². The van der Waals surface area contributed by atoms with E-state index in [0.29, 0.717) is 10.7 Å². The van der Waals surface area contributed by atoms with Gasteiger partial charge < -0.3 is 4.90 Å². The molecule has 0 atom stereocenters. The number of nitrogens with zero attached hydrogens (tertiary/aromatic N) is 3. The number of amides is 1. The number of rotatable bonds is 4. The van der Waals surface area contributed by atoms with Crippen LogP contribution in [-0.4, -0.2) is 28.9 Å². The zero-order valence-corrected chi connectivity index (χ0v) is 14.1. The topological polar surface area (TPSA) is 88.4 Å². The van der Waals surface area contributed by atoms with Gasteiger partial charge in [0.05, 0.1) is 21.9 Å². The average Bonchev–Trinajstić information content (AvgIpc) is 3.00. The lowest BCUT2D eigenvalue weighted by Gasteiger charge is -2.30. The fraction of sp³-hybridized carbons (Fsp3) is 0.375. The molecule has 1 N–H and O–H groups in total. The fourth-order valence-corrected chi connectivity index (χ4v) is 3.49. The summed E-state index contributed by atoms with van der Waals surface area (Å²) in [7, 11) is 0. The summed E-state index contributed by atoms with van der Waals surface area (Å²) in [5.41, 5.74) is 1.80. The number of aromatic nitrogens is 1. The van der Waals surface area contributed by atoms with Crippen LogP contribution in [0.2, 0.25) is 0 Å². The Hall–Kier alpha value is -2.48. The molecule has 126 valence electrons. The maximum atomic E-state index is 12.7. The van der Waals surface area contributed by atoms with Gasteiger partial charge in [0.15, 0.2) is 5.13 Å². The van der Waals surface area contributed by atoms with Gasteiger partial charge in [0.1, 0.15) is 0 Å². The lowest BCUT2D eigenvalue weighted by molar-refractivity contribution is -0.384. The number of hydrogen-bond donors (Lipinski definition) is 1. The number of thiazole rings is 1. The maximum Gasteiger partial charge on any atom is 0.270 e. The first-order chi connectivity index (χ1) is 11.5. The van der Waals surface area contributed by atoms with E-state index >= 15 is 0 Å². The van der Waals surface area contributed by atoms with Crippen molar-refractivity contribution >= 4 is 33.8 Å². The number of non-ortho nitro benzene ring substituents is 1. The highest BCUT2D eigenvalue weighted by molar-refractivity contribution is 7.13. The molecule has 0 radical (unpaired) electrons. The highest BCUT2D eigenvalue weighted by Crippen LogP contribution is 2.29. The van der Waals surface area contributed by atoms with E-state index in [0.717, 1.165) is 37.3 Å². The lowest BCUT2D eigenvalue weighted by atomic mass is 10.1. The molecule has 0 spiro atoms. The van der Waals surface area contributed by atoms with Gasteiger partial charge in [-0.15, -0.1) is 11.3 Å². The van der Waals surface area contributed by atoms with E-state index in [1.165, 1.54) is 29.9 Å². The van der Waals surface area contributed by atoms with Crippen LogP contribution in [0.25, 0.3) is 0 Å². The SMILES string of the molecule is Cc1csc(NC(=O)c2cc([N+](=O)[O-])ccc2N2CCCCC2)n1. The molecule has 1 aliphatic rings. The molecular weight excluding hydrogens is 328 g/mol. The number of piperidine rings is 1. The zero-order chi connectivity index (χ0) is 17.1. The van der Waals surface area contributed by atoms with Crippen LogP contribution in [0.1, 0.15) is 35.3 Å². The number of nitro groups is 1.